The van der Waals surface area contributed by atoms with Crippen molar-refractivity contribution in [2.45, 2.75) is 109 Å². The molecule has 5 rings (SSSR count). The van der Waals surface area contributed by atoms with Gasteiger partial charge in [0.05, 0.1) is 11.0 Å². The van der Waals surface area contributed by atoms with E-state index in [1.165, 1.54) is 44.1 Å². The summed E-state index contributed by atoms with van der Waals surface area (Å²) in [6.45, 7) is 0.966. The monoisotopic (exact) mass is 528 g/mol. The average Bonchev–Trinajstić information content (AvgIpc) is 3.33. The Labute approximate surface area is 233 Å². The molecular formula is C33H44N4O2. The molecule has 3 aromatic rings. The fourth-order valence-electron chi connectivity index (χ4n) is 6.60. The fourth-order valence-corrected chi connectivity index (χ4v) is 6.60. The molecule has 2 aliphatic rings. The molecule has 1 N–H and O–H groups in total. The third-order valence-electron chi connectivity index (χ3n) is 8.63. The number of amides is 2. The van der Waals surface area contributed by atoms with Crippen LogP contribution < -0.4 is 5.32 Å². The number of carbonyl (C=O) groups excluding carboxylic acids is 2. The first-order valence-corrected chi connectivity index (χ1v) is 15.2. The van der Waals surface area contributed by atoms with Crippen molar-refractivity contribution in [2.75, 3.05) is 6.54 Å². The van der Waals surface area contributed by atoms with Gasteiger partial charge >= 0.3 is 0 Å². The quantitative estimate of drug-likeness (QED) is 0.301. The maximum absolute atomic E-state index is 14.0. The Morgan fingerprint density at radius 1 is 0.821 bits per heavy atom. The molecule has 0 unspecified atom stereocenters. The van der Waals surface area contributed by atoms with Gasteiger partial charge in [0, 0.05) is 31.5 Å². The molecule has 2 saturated carbocycles. The zero-order chi connectivity index (χ0) is 26.9. The number of hydrogen-bond donors (Lipinski definition) is 1. The molecule has 6 nitrogen and oxygen atoms in total. The van der Waals surface area contributed by atoms with Crippen LogP contribution in [0.1, 0.15) is 88.4 Å². The summed E-state index contributed by atoms with van der Waals surface area (Å²) in [4.78, 5) is 33.6. The highest BCUT2D eigenvalue weighted by Crippen LogP contribution is 2.31. The summed E-state index contributed by atoms with van der Waals surface area (Å²) in [5, 5.41) is 3.07. The van der Waals surface area contributed by atoms with E-state index in [1.54, 1.807) is 0 Å². The molecule has 208 valence electrons. The second-order valence-corrected chi connectivity index (χ2v) is 11.4. The van der Waals surface area contributed by atoms with E-state index < -0.39 is 0 Å². The van der Waals surface area contributed by atoms with Crippen LogP contribution in [0.3, 0.4) is 0 Å². The first kappa shape index (κ1) is 27.4. The van der Waals surface area contributed by atoms with Crippen molar-refractivity contribution in [2.24, 2.45) is 0 Å². The van der Waals surface area contributed by atoms with Crippen molar-refractivity contribution in [1.82, 2.24) is 19.8 Å². The number of aryl methyl sites for hydroxylation is 2. The van der Waals surface area contributed by atoms with Gasteiger partial charge < -0.3 is 14.8 Å². The standard InChI is InChI=1S/C33H44N4O2/c38-32(23-22-26-13-4-1-5-14-26)34-24-12-21-31-35-29-19-10-11-20-30(29)36(31)25-33(39)37(27-15-6-2-7-16-27)28-17-8-3-9-18-28/h1,4-5,10-11,13-14,19-20,27-28H,2-3,6-9,12,15-18,21-25H2,(H,34,38). The van der Waals surface area contributed by atoms with Crippen molar-refractivity contribution in [1.29, 1.82) is 0 Å². The number of imidazole rings is 1. The SMILES string of the molecule is O=C(CCc1ccccc1)NCCCc1nc2ccccc2n1CC(=O)N(C1CCCCC1)C1CCCCC1. The van der Waals surface area contributed by atoms with E-state index in [0.717, 1.165) is 61.8 Å². The highest BCUT2D eigenvalue weighted by atomic mass is 16.2. The van der Waals surface area contributed by atoms with E-state index in [1.807, 2.05) is 36.4 Å². The van der Waals surface area contributed by atoms with Gasteiger partial charge in [0.1, 0.15) is 12.4 Å². The summed E-state index contributed by atoms with van der Waals surface area (Å²) in [5.74, 6) is 1.28. The lowest BCUT2D eigenvalue weighted by molar-refractivity contribution is -0.138. The minimum absolute atomic E-state index is 0.0816. The lowest BCUT2D eigenvalue weighted by Crippen LogP contribution is -2.50. The van der Waals surface area contributed by atoms with Crippen LogP contribution in [0, 0.1) is 0 Å². The predicted octanol–water partition coefficient (Wildman–Crippen LogP) is 6.21. The zero-order valence-corrected chi connectivity index (χ0v) is 23.3. The second kappa shape index (κ2) is 13.8. The van der Waals surface area contributed by atoms with Crippen molar-refractivity contribution in [3.8, 4) is 0 Å². The number of carbonyl (C=O) groups is 2. The van der Waals surface area contributed by atoms with E-state index in [0.29, 0.717) is 31.6 Å². The van der Waals surface area contributed by atoms with Gasteiger partial charge in [-0.3, -0.25) is 9.59 Å². The van der Waals surface area contributed by atoms with Crippen molar-refractivity contribution in [3.63, 3.8) is 0 Å². The van der Waals surface area contributed by atoms with Crippen molar-refractivity contribution >= 4 is 22.8 Å². The van der Waals surface area contributed by atoms with Crippen LogP contribution in [0.15, 0.2) is 54.6 Å². The number of nitrogens with one attached hydrogen (secondary N) is 1. The maximum atomic E-state index is 14.0. The number of fused-ring (bicyclic) bond motifs is 1. The second-order valence-electron chi connectivity index (χ2n) is 11.4. The summed E-state index contributed by atoms with van der Waals surface area (Å²) in [6, 6.07) is 19.1. The number of benzene rings is 2. The topological polar surface area (TPSA) is 67.2 Å². The van der Waals surface area contributed by atoms with Gasteiger partial charge in [-0.25, -0.2) is 4.98 Å². The van der Waals surface area contributed by atoms with Gasteiger partial charge in [0.15, 0.2) is 0 Å². The maximum Gasteiger partial charge on any atom is 0.243 e. The molecule has 6 heteroatoms. The number of nitrogens with zero attached hydrogens (tertiary/aromatic N) is 3. The number of rotatable bonds is 11. The van der Waals surface area contributed by atoms with Crippen LogP contribution in [-0.2, 0) is 29.0 Å². The molecule has 1 aromatic heterocycles. The lowest BCUT2D eigenvalue weighted by atomic mass is 9.88. The van der Waals surface area contributed by atoms with Crippen molar-refractivity contribution < 1.29 is 9.59 Å². The molecule has 0 aliphatic heterocycles. The van der Waals surface area contributed by atoms with Gasteiger partial charge in [-0.1, -0.05) is 81.0 Å². The molecule has 0 radical (unpaired) electrons. The highest BCUT2D eigenvalue weighted by Gasteiger charge is 2.33. The predicted molar refractivity (Wildman–Crippen MR) is 156 cm³/mol. The van der Waals surface area contributed by atoms with Crippen LogP contribution in [0.5, 0.6) is 0 Å². The normalized spacial score (nSPS) is 16.8. The van der Waals surface area contributed by atoms with Gasteiger partial charge in [-0.15, -0.1) is 0 Å². The van der Waals surface area contributed by atoms with Crippen LogP contribution in [-0.4, -0.2) is 44.9 Å². The molecule has 0 saturated heterocycles. The third kappa shape index (κ3) is 7.28. The highest BCUT2D eigenvalue weighted by molar-refractivity contribution is 5.81. The Morgan fingerprint density at radius 3 is 2.15 bits per heavy atom. The van der Waals surface area contributed by atoms with E-state index in [-0.39, 0.29) is 11.8 Å². The molecule has 2 aromatic carbocycles. The van der Waals surface area contributed by atoms with Gasteiger partial charge in [-0.05, 0) is 56.2 Å². The first-order chi connectivity index (χ1) is 19.2. The van der Waals surface area contributed by atoms with E-state index in [9.17, 15) is 9.59 Å². The van der Waals surface area contributed by atoms with Gasteiger partial charge in [0.2, 0.25) is 11.8 Å². The summed E-state index contributed by atoms with van der Waals surface area (Å²) >= 11 is 0. The minimum Gasteiger partial charge on any atom is -0.356 e. The van der Waals surface area contributed by atoms with E-state index in [4.69, 9.17) is 4.98 Å². The summed E-state index contributed by atoms with van der Waals surface area (Å²) in [5.41, 5.74) is 3.15. The summed E-state index contributed by atoms with van der Waals surface area (Å²) in [6.07, 6.45) is 14.9. The third-order valence-corrected chi connectivity index (χ3v) is 8.63. The van der Waals surface area contributed by atoms with Crippen molar-refractivity contribution in [3.05, 3.63) is 66.0 Å². The molecule has 2 amide bonds. The van der Waals surface area contributed by atoms with Crippen LogP contribution >= 0.6 is 0 Å². The van der Waals surface area contributed by atoms with Crippen LogP contribution in [0.4, 0.5) is 0 Å². The number of hydrogen-bond acceptors (Lipinski definition) is 3. The van der Waals surface area contributed by atoms with Gasteiger partial charge in [-0.2, -0.15) is 0 Å². The largest absolute Gasteiger partial charge is 0.356 e. The minimum atomic E-state index is 0.0816. The average molecular weight is 529 g/mol. The molecular weight excluding hydrogens is 484 g/mol. The molecule has 2 fully saturated rings. The molecule has 2 aliphatic carbocycles. The molecule has 0 bridgehead atoms. The molecule has 0 atom stereocenters. The molecule has 1 heterocycles. The number of aromatic nitrogens is 2. The Morgan fingerprint density at radius 2 is 1.46 bits per heavy atom. The Hall–Kier alpha value is -3.15. The Kier molecular flexibility index (Phi) is 9.68. The smallest absolute Gasteiger partial charge is 0.243 e. The lowest BCUT2D eigenvalue weighted by Gasteiger charge is -2.42. The van der Waals surface area contributed by atoms with E-state index in [2.05, 4.69) is 33.0 Å². The zero-order valence-electron chi connectivity index (χ0n) is 23.3. The Balaban J connectivity index is 1.23. The van der Waals surface area contributed by atoms with Crippen LogP contribution in [0.2, 0.25) is 0 Å². The fraction of sp³-hybridized carbons (Fsp3) is 0.545. The Bertz CT molecular complexity index is 1190. The molecule has 39 heavy (non-hydrogen) atoms. The summed E-state index contributed by atoms with van der Waals surface area (Å²) < 4.78 is 2.15. The number of para-hydroxylation sites is 2. The summed E-state index contributed by atoms with van der Waals surface area (Å²) in [7, 11) is 0. The molecule has 0 spiro atoms. The first-order valence-electron chi connectivity index (χ1n) is 15.2. The van der Waals surface area contributed by atoms with Gasteiger partial charge in [0.25, 0.3) is 0 Å². The van der Waals surface area contributed by atoms with Crippen LogP contribution in [0.25, 0.3) is 11.0 Å². The van der Waals surface area contributed by atoms with E-state index >= 15 is 0 Å².